The lowest BCUT2D eigenvalue weighted by atomic mass is 10.1. The largest absolute Gasteiger partial charge is 0.394 e. The van der Waals surface area contributed by atoms with Gasteiger partial charge in [-0.15, -0.1) is 0 Å². The summed E-state index contributed by atoms with van der Waals surface area (Å²) in [5.74, 6) is 0. The highest BCUT2D eigenvalue weighted by Gasteiger charge is 2.05. The smallest absolute Gasteiger partial charge is 0.0701 e. The van der Waals surface area contributed by atoms with Crippen LogP contribution < -0.4 is 0 Å². The quantitative estimate of drug-likeness (QED) is 0.270. The first kappa shape index (κ1) is 25.8. The molecule has 0 saturated heterocycles. The van der Waals surface area contributed by atoms with Gasteiger partial charge < -0.3 is 19.5 Å². The summed E-state index contributed by atoms with van der Waals surface area (Å²) in [6.45, 7) is 10.5. The van der Waals surface area contributed by atoms with Crippen molar-refractivity contribution in [2.24, 2.45) is 0 Å². The van der Waals surface area contributed by atoms with E-state index < -0.39 is 0 Å². The standard InChI is InChI=1S/C22H47NO3/c1-3-5-7-9-11-13-15-23(16-14-12-10-8-6-4-2)17-19-25-21-22-26-20-18-24/h24H,3-22H2,1-2H3. The Kier molecular flexibility index (Phi) is 22.7. The molecule has 0 unspecified atom stereocenters. The Bertz CT molecular complexity index is 236. The minimum Gasteiger partial charge on any atom is -0.394 e. The molecule has 0 atom stereocenters. The molecule has 0 aromatic heterocycles. The monoisotopic (exact) mass is 373 g/mol. The molecule has 0 aliphatic heterocycles. The van der Waals surface area contributed by atoms with Crippen molar-refractivity contribution in [3.63, 3.8) is 0 Å². The summed E-state index contributed by atoms with van der Waals surface area (Å²) < 4.78 is 10.9. The third-order valence-corrected chi connectivity index (χ3v) is 4.82. The summed E-state index contributed by atoms with van der Waals surface area (Å²) in [6, 6.07) is 0. The number of rotatable bonds is 22. The van der Waals surface area contributed by atoms with Gasteiger partial charge in [-0.25, -0.2) is 0 Å². The van der Waals surface area contributed by atoms with Crippen LogP contribution in [0.2, 0.25) is 0 Å². The molecule has 0 fully saturated rings. The van der Waals surface area contributed by atoms with Gasteiger partial charge in [-0.2, -0.15) is 0 Å². The Morgan fingerprint density at radius 1 is 0.538 bits per heavy atom. The maximum atomic E-state index is 8.67. The molecule has 0 radical (unpaired) electrons. The van der Waals surface area contributed by atoms with E-state index in [-0.39, 0.29) is 6.61 Å². The van der Waals surface area contributed by atoms with Crippen LogP contribution in [0.4, 0.5) is 0 Å². The zero-order valence-electron chi connectivity index (χ0n) is 17.9. The predicted molar refractivity (Wildman–Crippen MR) is 112 cm³/mol. The van der Waals surface area contributed by atoms with Crippen molar-refractivity contribution in [1.29, 1.82) is 0 Å². The van der Waals surface area contributed by atoms with Gasteiger partial charge in [0.05, 0.1) is 33.0 Å². The number of aliphatic hydroxyl groups excluding tert-OH is 1. The molecule has 0 aliphatic rings. The lowest BCUT2D eigenvalue weighted by molar-refractivity contribution is 0.0262. The van der Waals surface area contributed by atoms with Crippen molar-refractivity contribution in [2.75, 3.05) is 52.7 Å². The van der Waals surface area contributed by atoms with Crippen LogP contribution in [0, 0.1) is 0 Å². The van der Waals surface area contributed by atoms with Gasteiger partial charge >= 0.3 is 0 Å². The number of hydrogen-bond donors (Lipinski definition) is 1. The van der Waals surface area contributed by atoms with Gasteiger partial charge in [-0.3, -0.25) is 0 Å². The maximum Gasteiger partial charge on any atom is 0.0701 e. The summed E-state index contributed by atoms with van der Waals surface area (Å²) in [7, 11) is 0. The van der Waals surface area contributed by atoms with Crippen molar-refractivity contribution in [3.8, 4) is 0 Å². The zero-order chi connectivity index (χ0) is 19.1. The van der Waals surface area contributed by atoms with E-state index in [9.17, 15) is 0 Å². The van der Waals surface area contributed by atoms with Crippen LogP contribution in [-0.2, 0) is 9.47 Å². The Labute approximate surface area is 163 Å². The van der Waals surface area contributed by atoms with Gasteiger partial charge in [0.2, 0.25) is 0 Å². The molecule has 0 spiro atoms. The molecule has 0 amide bonds. The molecule has 0 heterocycles. The van der Waals surface area contributed by atoms with Crippen LogP contribution in [0.15, 0.2) is 0 Å². The van der Waals surface area contributed by atoms with Gasteiger partial charge in [0.15, 0.2) is 0 Å². The molecule has 158 valence electrons. The molecule has 4 nitrogen and oxygen atoms in total. The summed E-state index contributed by atoms with van der Waals surface area (Å²) in [5, 5.41) is 8.67. The summed E-state index contributed by atoms with van der Waals surface area (Å²) >= 11 is 0. The fourth-order valence-electron chi connectivity index (χ4n) is 3.15. The van der Waals surface area contributed by atoms with E-state index in [1.807, 2.05) is 0 Å². The highest BCUT2D eigenvalue weighted by molar-refractivity contribution is 4.59. The van der Waals surface area contributed by atoms with Crippen LogP contribution in [0.25, 0.3) is 0 Å². The SMILES string of the molecule is CCCCCCCCN(CCCCCCCC)CCOCCOCCO. The van der Waals surface area contributed by atoms with Crippen LogP contribution in [0.5, 0.6) is 0 Å². The number of hydrogen-bond acceptors (Lipinski definition) is 4. The van der Waals surface area contributed by atoms with Crippen LogP contribution in [-0.4, -0.2) is 62.7 Å². The topological polar surface area (TPSA) is 41.9 Å². The van der Waals surface area contributed by atoms with Gasteiger partial charge in [-0.1, -0.05) is 78.1 Å². The number of ether oxygens (including phenoxy) is 2. The average Bonchev–Trinajstić information content (AvgIpc) is 2.65. The van der Waals surface area contributed by atoms with E-state index >= 15 is 0 Å². The normalized spacial score (nSPS) is 11.5. The second-order valence-corrected chi connectivity index (χ2v) is 7.33. The highest BCUT2D eigenvalue weighted by Crippen LogP contribution is 2.09. The molecule has 0 rings (SSSR count). The third kappa shape index (κ3) is 20.2. The Balaban J connectivity index is 3.77. The summed E-state index contributed by atoms with van der Waals surface area (Å²) in [6.07, 6.45) is 16.3. The Morgan fingerprint density at radius 3 is 1.50 bits per heavy atom. The highest BCUT2D eigenvalue weighted by atomic mass is 16.5. The van der Waals surface area contributed by atoms with E-state index in [0.717, 1.165) is 13.2 Å². The molecule has 0 bridgehead atoms. The fourth-order valence-corrected chi connectivity index (χ4v) is 3.15. The molecular formula is C22H47NO3. The summed E-state index contributed by atoms with van der Waals surface area (Å²) in [5.41, 5.74) is 0. The van der Waals surface area contributed by atoms with E-state index in [1.165, 1.54) is 90.1 Å². The predicted octanol–water partition coefficient (Wildman–Crippen LogP) is 5.03. The molecule has 0 saturated carbocycles. The Hall–Kier alpha value is -0.160. The molecule has 0 aliphatic carbocycles. The van der Waals surface area contributed by atoms with Crippen molar-refractivity contribution < 1.29 is 14.6 Å². The van der Waals surface area contributed by atoms with Gasteiger partial charge in [0.1, 0.15) is 0 Å². The lowest BCUT2D eigenvalue weighted by Gasteiger charge is -2.22. The summed E-state index contributed by atoms with van der Waals surface area (Å²) in [4.78, 5) is 2.59. The number of nitrogens with zero attached hydrogens (tertiary/aromatic N) is 1. The number of aliphatic hydroxyl groups is 1. The van der Waals surface area contributed by atoms with E-state index in [1.54, 1.807) is 0 Å². The van der Waals surface area contributed by atoms with Crippen LogP contribution >= 0.6 is 0 Å². The van der Waals surface area contributed by atoms with Crippen LogP contribution in [0.1, 0.15) is 90.9 Å². The Morgan fingerprint density at radius 2 is 1.00 bits per heavy atom. The minimum absolute atomic E-state index is 0.0876. The molecule has 26 heavy (non-hydrogen) atoms. The van der Waals surface area contributed by atoms with E-state index in [2.05, 4.69) is 18.7 Å². The van der Waals surface area contributed by atoms with E-state index in [0.29, 0.717) is 19.8 Å². The molecular weight excluding hydrogens is 326 g/mol. The van der Waals surface area contributed by atoms with Crippen LogP contribution in [0.3, 0.4) is 0 Å². The first-order chi connectivity index (χ1) is 12.8. The second kappa shape index (κ2) is 22.9. The molecule has 0 aromatic rings. The number of unbranched alkanes of at least 4 members (excludes halogenated alkanes) is 10. The average molecular weight is 374 g/mol. The first-order valence-electron chi connectivity index (χ1n) is 11.3. The third-order valence-electron chi connectivity index (χ3n) is 4.82. The van der Waals surface area contributed by atoms with Crippen molar-refractivity contribution in [3.05, 3.63) is 0 Å². The van der Waals surface area contributed by atoms with E-state index in [4.69, 9.17) is 14.6 Å². The maximum absolute atomic E-state index is 8.67. The molecule has 1 N–H and O–H groups in total. The zero-order valence-corrected chi connectivity index (χ0v) is 17.9. The van der Waals surface area contributed by atoms with Crippen molar-refractivity contribution >= 4 is 0 Å². The van der Waals surface area contributed by atoms with Crippen molar-refractivity contribution in [2.45, 2.75) is 90.9 Å². The fraction of sp³-hybridized carbons (Fsp3) is 1.00. The molecule has 4 heteroatoms. The second-order valence-electron chi connectivity index (χ2n) is 7.33. The van der Waals surface area contributed by atoms with Crippen molar-refractivity contribution in [1.82, 2.24) is 4.90 Å². The molecule has 0 aromatic carbocycles. The lowest BCUT2D eigenvalue weighted by Crippen LogP contribution is -2.30. The minimum atomic E-state index is 0.0876. The van der Waals surface area contributed by atoms with Gasteiger partial charge in [-0.05, 0) is 25.9 Å². The van der Waals surface area contributed by atoms with Gasteiger partial charge in [0.25, 0.3) is 0 Å². The van der Waals surface area contributed by atoms with Gasteiger partial charge in [0, 0.05) is 6.54 Å². The first-order valence-corrected chi connectivity index (χ1v) is 11.3.